The van der Waals surface area contributed by atoms with Crippen molar-refractivity contribution in [1.29, 1.82) is 0 Å². The number of pyridine rings is 1. The number of nitrogens with zero attached hydrogens (tertiary/aromatic N) is 1. The maximum absolute atomic E-state index is 4.10. The van der Waals surface area contributed by atoms with Gasteiger partial charge in [-0.05, 0) is 44.0 Å². The lowest BCUT2D eigenvalue weighted by Gasteiger charge is -2.16. The molecule has 0 bridgehead atoms. The predicted molar refractivity (Wildman–Crippen MR) is 60.4 cm³/mol. The smallest absolute Gasteiger partial charge is 0.0299 e. The second-order valence-electron chi connectivity index (χ2n) is 3.78. The van der Waals surface area contributed by atoms with Gasteiger partial charge in [0, 0.05) is 18.4 Å². The Hall–Kier alpha value is -0.890. The van der Waals surface area contributed by atoms with Crippen molar-refractivity contribution in [3.8, 4) is 0 Å². The molecule has 78 valence electrons. The van der Waals surface area contributed by atoms with Gasteiger partial charge in [-0.25, -0.2) is 0 Å². The van der Waals surface area contributed by atoms with Crippen molar-refractivity contribution in [3.63, 3.8) is 0 Å². The Morgan fingerprint density at radius 1 is 1.50 bits per heavy atom. The van der Waals surface area contributed by atoms with Crippen LogP contribution in [0.4, 0.5) is 0 Å². The fraction of sp³-hybridized carbons (Fsp3) is 0.583. The van der Waals surface area contributed by atoms with E-state index >= 15 is 0 Å². The third kappa shape index (κ3) is 3.11. The largest absolute Gasteiger partial charge is 0.317 e. The molecule has 1 N–H and O–H groups in total. The summed E-state index contributed by atoms with van der Waals surface area (Å²) in [7, 11) is 2.04. The van der Waals surface area contributed by atoms with Gasteiger partial charge in [0.2, 0.25) is 0 Å². The first-order valence-corrected chi connectivity index (χ1v) is 5.34. The number of nitrogens with one attached hydrogen (secondary N) is 1. The molecule has 1 atom stereocenters. The second kappa shape index (κ2) is 5.76. The van der Waals surface area contributed by atoms with Crippen LogP contribution >= 0.6 is 0 Å². The molecule has 0 radical (unpaired) electrons. The van der Waals surface area contributed by atoms with Gasteiger partial charge >= 0.3 is 0 Å². The van der Waals surface area contributed by atoms with Crippen molar-refractivity contribution < 1.29 is 0 Å². The van der Waals surface area contributed by atoms with Crippen LogP contribution in [0.15, 0.2) is 18.5 Å². The van der Waals surface area contributed by atoms with Crippen LogP contribution in [-0.2, 0) is 6.42 Å². The molecule has 14 heavy (non-hydrogen) atoms. The summed E-state index contributed by atoms with van der Waals surface area (Å²) in [6, 6.07) is 2.72. The summed E-state index contributed by atoms with van der Waals surface area (Å²) in [6.07, 6.45) is 7.39. The molecular formula is C12H20N2. The van der Waals surface area contributed by atoms with E-state index in [1.165, 1.54) is 24.0 Å². The van der Waals surface area contributed by atoms with Crippen molar-refractivity contribution in [1.82, 2.24) is 10.3 Å². The fourth-order valence-electron chi connectivity index (χ4n) is 1.69. The SMILES string of the molecule is CCCC(Cc1ccncc1C)NC. The molecule has 0 spiro atoms. The van der Waals surface area contributed by atoms with E-state index in [1.807, 2.05) is 19.4 Å². The highest BCUT2D eigenvalue weighted by atomic mass is 14.9. The zero-order valence-corrected chi connectivity index (χ0v) is 9.38. The van der Waals surface area contributed by atoms with Crippen LogP contribution in [0.1, 0.15) is 30.9 Å². The van der Waals surface area contributed by atoms with Crippen LogP contribution in [0.3, 0.4) is 0 Å². The summed E-state index contributed by atoms with van der Waals surface area (Å²) in [5.41, 5.74) is 2.71. The van der Waals surface area contributed by atoms with Crippen molar-refractivity contribution in [2.45, 2.75) is 39.2 Å². The number of rotatable bonds is 5. The molecule has 1 rings (SSSR count). The van der Waals surface area contributed by atoms with Crippen molar-refractivity contribution in [2.75, 3.05) is 7.05 Å². The van der Waals surface area contributed by atoms with Crippen molar-refractivity contribution in [2.24, 2.45) is 0 Å². The molecule has 2 heteroatoms. The van der Waals surface area contributed by atoms with Gasteiger partial charge in [-0.2, -0.15) is 0 Å². The van der Waals surface area contributed by atoms with Crippen LogP contribution in [0.5, 0.6) is 0 Å². The third-order valence-electron chi connectivity index (χ3n) is 2.65. The molecule has 0 aliphatic heterocycles. The molecule has 1 aromatic rings. The van der Waals surface area contributed by atoms with E-state index in [4.69, 9.17) is 0 Å². The minimum atomic E-state index is 0.598. The highest BCUT2D eigenvalue weighted by molar-refractivity contribution is 5.22. The highest BCUT2D eigenvalue weighted by Gasteiger charge is 2.07. The lowest BCUT2D eigenvalue weighted by molar-refractivity contribution is 0.513. The van der Waals surface area contributed by atoms with Crippen molar-refractivity contribution >= 4 is 0 Å². The molecule has 1 unspecified atom stereocenters. The van der Waals surface area contributed by atoms with Gasteiger partial charge in [-0.15, -0.1) is 0 Å². The number of aromatic nitrogens is 1. The van der Waals surface area contributed by atoms with Crippen LogP contribution in [0.25, 0.3) is 0 Å². The molecular weight excluding hydrogens is 172 g/mol. The van der Waals surface area contributed by atoms with Crippen LogP contribution < -0.4 is 5.32 Å². The summed E-state index contributed by atoms with van der Waals surface area (Å²) >= 11 is 0. The van der Waals surface area contributed by atoms with Crippen LogP contribution in [0, 0.1) is 6.92 Å². The zero-order valence-electron chi connectivity index (χ0n) is 9.38. The first-order chi connectivity index (χ1) is 6.77. The molecule has 0 saturated heterocycles. The summed E-state index contributed by atoms with van der Waals surface area (Å²) < 4.78 is 0. The topological polar surface area (TPSA) is 24.9 Å². The van der Waals surface area contributed by atoms with E-state index in [1.54, 1.807) is 0 Å². The Bertz CT molecular complexity index is 271. The Kier molecular flexibility index (Phi) is 4.60. The lowest BCUT2D eigenvalue weighted by atomic mass is 10.0. The van der Waals surface area contributed by atoms with Gasteiger partial charge in [0.25, 0.3) is 0 Å². The predicted octanol–water partition coefficient (Wildman–Crippen LogP) is 2.32. The average Bonchev–Trinajstić information content (AvgIpc) is 2.20. The van der Waals surface area contributed by atoms with E-state index in [-0.39, 0.29) is 0 Å². The Labute approximate surface area is 86.8 Å². The highest BCUT2D eigenvalue weighted by Crippen LogP contribution is 2.10. The molecule has 2 nitrogen and oxygen atoms in total. The summed E-state index contributed by atoms with van der Waals surface area (Å²) in [6.45, 7) is 4.35. The molecule has 0 fully saturated rings. The molecule has 0 saturated carbocycles. The fourth-order valence-corrected chi connectivity index (χ4v) is 1.69. The number of likely N-dealkylation sites (N-methyl/N-ethyl adjacent to an activating group) is 1. The number of hydrogen-bond donors (Lipinski definition) is 1. The van der Waals surface area contributed by atoms with E-state index in [0.717, 1.165) is 6.42 Å². The first-order valence-electron chi connectivity index (χ1n) is 5.34. The van der Waals surface area contributed by atoms with Crippen LogP contribution in [0.2, 0.25) is 0 Å². The van der Waals surface area contributed by atoms with E-state index < -0.39 is 0 Å². The molecule has 1 heterocycles. The zero-order chi connectivity index (χ0) is 10.4. The molecule has 0 aliphatic carbocycles. The summed E-state index contributed by atoms with van der Waals surface area (Å²) in [4.78, 5) is 4.10. The average molecular weight is 192 g/mol. The minimum absolute atomic E-state index is 0.598. The van der Waals surface area contributed by atoms with E-state index in [0.29, 0.717) is 6.04 Å². The maximum Gasteiger partial charge on any atom is 0.0299 e. The van der Waals surface area contributed by atoms with E-state index in [2.05, 4.69) is 30.2 Å². The Morgan fingerprint density at radius 2 is 2.29 bits per heavy atom. The van der Waals surface area contributed by atoms with Gasteiger partial charge in [0.05, 0.1) is 0 Å². The van der Waals surface area contributed by atoms with Crippen molar-refractivity contribution in [3.05, 3.63) is 29.6 Å². The van der Waals surface area contributed by atoms with Gasteiger partial charge in [-0.3, -0.25) is 4.98 Å². The molecule has 0 amide bonds. The van der Waals surface area contributed by atoms with Crippen LogP contribution in [-0.4, -0.2) is 18.1 Å². The Morgan fingerprint density at radius 3 is 2.86 bits per heavy atom. The van der Waals surface area contributed by atoms with Gasteiger partial charge in [-0.1, -0.05) is 13.3 Å². The molecule has 1 aromatic heterocycles. The molecule has 0 aliphatic rings. The van der Waals surface area contributed by atoms with Gasteiger partial charge in [0.1, 0.15) is 0 Å². The Balaban J connectivity index is 2.62. The van der Waals surface area contributed by atoms with Gasteiger partial charge < -0.3 is 5.32 Å². The van der Waals surface area contributed by atoms with Gasteiger partial charge in [0.15, 0.2) is 0 Å². The first kappa shape index (κ1) is 11.2. The van der Waals surface area contributed by atoms with E-state index in [9.17, 15) is 0 Å². The second-order valence-corrected chi connectivity index (χ2v) is 3.78. The minimum Gasteiger partial charge on any atom is -0.317 e. The number of aryl methyl sites for hydroxylation is 1. The quantitative estimate of drug-likeness (QED) is 0.774. The summed E-state index contributed by atoms with van der Waals surface area (Å²) in [5.74, 6) is 0. The third-order valence-corrected chi connectivity index (χ3v) is 2.65. The summed E-state index contributed by atoms with van der Waals surface area (Å²) in [5, 5.41) is 3.36. The normalized spacial score (nSPS) is 12.8. The maximum atomic E-state index is 4.10. The lowest BCUT2D eigenvalue weighted by Crippen LogP contribution is -2.27. The standard InChI is InChI=1S/C12H20N2/c1-4-5-12(13-3)8-11-6-7-14-9-10(11)2/h6-7,9,12-13H,4-5,8H2,1-3H3. The molecule has 0 aromatic carbocycles. The monoisotopic (exact) mass is 192 g/mol. The number of hydrogen-bond acceptors (Lipinski definition) is 2.